The van der Waals surface area contributed by atoms with Gasteiger partial charge in [0.2, 0.25) is 0 Å². The number of carbonyl (C=O) groups is 1. The van der Waals surface area contributed by atoms with E-state index in [1.165, 1.54) is 31.2 Å². The molecule has 0 aromatic heterocycles. The minimum absolute atomic E-state index is 0.131. The van der Waals surface area contributed by atoms with Gasteiger partial charge in [-0.05, 0) is 49.4 Å². The van der Waals surface area contributed by atoms with Crippen LogP contribution in [0.2, 0.25) is 0 Å². The number of carbonyl (C=O) groups excluding carboxylic acids is 1. The van der Waals surface area contributed by atoms with E-state index in [9.17, 15) is 4.79 Å². The van der Waals surface area contributed by atoms with Gasteiger partial charge in [0.15, 0.2) is 0 Å². The fourth-order valence-corrected chi connectivity index (χ4v) is 2.86. The van der Waals surface area contributed by atoms with Gasteiger partial charge in [-0.2, -0.15) is 0 Å². The average molecular weight is 260 g/mol. The minimum atomic E-state index is 0.131. The molecule has 3 nitrogen and oxygen atoms in total. The quantitative estimate of drug-likeness (QED) is 0.884. The van der Waals surface area contributed by atoms with Crippen LogP contribution in [0.3, 0.4) is 0 Å². The summed E-state index contributed by atoms with van der Waals surface area (Å²) in [6.45, 7) is 1.54. The molecule has 104 valence electrons. The van der Waals surface area contributed by atoms with Gasteiger partial charge in [-0.1, -0.05) is 25.0 Å². The Hall–Kier alpha value is -1.35. The van der Waals surface area contributed by atoms with Crippen molar-refractivity contribution in [2.24, 2.45) is 11.7 Å². The number of hydrogen-bond donors (Lipinski definition) is 1. The van der Waals surface area contributed by atoms with E-state index in [0.717, 1.165) is 18.5 Å². The summed E-state index contributed by atoms with van der Waals surface area (Å²) >= 11 is 0. The normalized spacial score (nSPS) is 15.7. The summed E-state index contributed by atoms with van der Waals surface area (Å²) < 4.78 is 0. The molecule has 3 heteroatoms. The van der Waals surface area contributed by atoms with Crippen molar-refractivity contribution in [1.82, 2.24) is 4.90 Å². The third kappa shape index (κ3) is 3.80. The van der Waals surface area contributed by atoms with Gasteiger partial charge in [0, 0.05) is 19.2 Å². The summed E-state index contributed by atoms with van der Waals surface area (Å²) in [6.07, 6.45) is 6.05. The number of amides is 1. The summed E-state index contributed by atoms with van der Waals surface area (Å²) in [5.74, 6) is 0.830. The molecule has 1 aromatic carbocycles. The lowest BCUT2D eigenvalue weighted by Gasteiger charge is -2.21. The fraction of sp³-hybridized carbons (Fsp3) is 0.562. The Morgan fingerprint density at radius 3 is 2.47 bits per heavy atom. The molecule has 2 rings (SSSR count). The van der Waals surface area contributed by atoms with Crippen molar-refractivity contribution in [3.05, 3.63) is 35.4 Å². The second-order valence-corrected chi connectivity index (χ2v) is 5.57. The van der Waals surface area contributed by atoms with Crippen molar-refractivity contribution in [3.63, 3.8) is 0 Å². The van der Waals surface area contributed by atoms with E-state index in [1.54, 1.807) is 0 Å². The van der Waals surface area contributed by atoms with Gasteiger partial charge in [-0.3, -0.25) is 4.79 Å². The van der Waals surface area contributed by atoms with Crippen molar-refractivity contribution in [2.45, 2.75) is 32.1 Å². The summed E-state index contributed by atoms with van der Waals surface area (Å²) in [4.78, 5) is 14.2. The Bertz CT molecular complexity index is 407. The first-order chi connectivity index (χ1) is 9.20. The van der Waals surface area contributed by atoms with Crippen LogP contribution in [0.5, 0.6) is 0 Å². The van der Waals surface area contributed by atoms with E-state index in [1.807, 2.05) is 36.2 Å². The van der Waals surface area contributed by atoms with Crippen LogP contribution in [-0.4, -0.2) is 30.9 Å². The van der Waals surface area contributed by atoms with Crippen LogP contribution in [0.4, 0.5) is 0 Å². The monoisotopic (exact) mass is 260 g/mol. The molecule has 1 saturated carbocycles. The van der Waals surface area contributed by atoms with Gasteiger partial charge in [0.25, 0.3) is 5.91 Å². The van der Waals surface area contributed by atoms with Crippen molar-refractivity contribution in [1.29, 1.82) is 0 Å². The van der Waals surface area contributed by atoms with Gasteiger partial charge in [0.1, 0.15) is 0 Å². The molecule has 0 unspecified atom stereocenters. The topological polar surface area (TPSA) is 46.3 Å². The molecule has 0 heterocycles. The summed E-state index contributed by atoms with van der Waals surface area (Å²) in [7, 11) is 1.91. The molecular weight excluding hydrogens is 236 g/mol. The van der Waals surface area contributed by atoms with Gasteiger partial charge in [-0.25, -0.2) is 0 Å². The van der Waals surface area contributed by atoms with Crippen LogP contribution >= 0.6 is 0 Å². The highest BCUT2D eigenvalue weighted by Gasteiger charge is 2.20. The average Bonchev–Trinajstić information content (AvgIpc) is 2.92. The maximum absolute atomic E-state index is 12.3. The van der Waals surface area contributed by atoms with Crippen LogP contribution < -0.4 is 5.73 Å². The highest BCUT2D eigenvalue weighted by atomic mass is 16.2. The molecule has 1 amide bonds. The lowest BCUT2D eigenvalue weighted by molar-refractivity contribution is 0.0773. The van der Waals surface area contributed by atoms with E-state index >= 15 is 0 Å². The zero-order valence-electron chi connectivity index (χ0n) is 11.8. The van der Waals surface area contributed by atoms with Crippen LogP contribution in [0, 0.1) is 5.92 Å². The first-order valence-corrected chi connectivity index (χ1v) is 7.25. The Morgan fingerprint density at radius 1 is 1.26 bits per heavy atom. The molecule has 0 radical (unpaired) electrons. The molecule has 0 aliphatic heterocycles. The third-order valence-electron chi connectivity index (χ3n) is 3.99. The fourth-order valence-electron chi connectivity index (χ4n) is 2.86. The SMILES string of the molecule is CN(CC1CCCC1)C(=O)c1ccc(CCN)cc1. The van der Waals surface area contributed by atoms with Crippen molar-refractivity contribution in [2.75, 3.05) is 20.1 Å². The maximum atomic E-state index is 12.3. The van der Waals surface area contributed by atoms with Crippen LogP contribution in [0.15, 0.2) is 24.3 Å². The second-order valence-electron chi connectivity index (χ2n) is 5.57. The second kappa shape index (κ2) is 6.71. The number of hydrogen-bond acceptors (Lipinski definition) is 2. The molecule has 1 aliphatic rings. The first kappa shape index (κ1) is 14.1. The minimum Gasteiger partial charge on any atom is -0.341 e. The number of rotatable bonds is 5. The van der Waals surface area contributed by atoms with E-state index in [2.05, 4.69) is 0 Å². The lowest BCUT2D eigenvalue weighted by Crippen LogP contribution is -2.31. The van der Waals surface area contributed by atoms with Gasteiger partial charge in [0.05, 0.1) is 0 Å². The third-order valence-corrected chi connectivity index (χ3v) is 3.99. The van der Waals surface area contributed by atoms with Crippen molar-refractivity contribution >= 4 is 5.91 Å². The highest BCUT2D eigenvalue weighted by Crippen LogP contribution is 2.25. The Balaban J connectivity index is 1.93. The highest BCUT2D eigenvalue weighted by molar-refractivity contribution is 5.94. The largest absolute Gasteiger partial charge is 0.341 e. The van der Waals surface area contributed by atoms with Crippen LogP contribution in [-0.2, 0) is 6.42 Å². The molecular formula is C16H24N2O. The maximum Gasteiger partial charge on any atom is 0.253 e. The van der Waals surface area contributed by atoms with Gasteiger partial charge < -0.3 is 10.6 Å². The van der Waals surface area contributed by atoms with Crippen molar-refractivity contribution < 1.29 is 4.79 Å². The molecule has 2 N–H and O–H groups in total. The van der Waals surface area contributed by atoms with E-state index < -0.39 is 0 Å². The number of nitrogens with zero attached hydrogens (tertiary/aromatic N) is 1. The summed E-state index contributed by atoms with van der Waals surface area (Å²) in [5, 5.41) is 0. The van der Waals surface area contributed by atoms with Crippen LogP contribution in [0.1, 0.15) is 41.6 Å². The standard InChI is InChI=1S/C16H24N2O/c1-18(12-14-4-2-3-5-14)16(19)15-8-6-13(7-9-15)10-11-17/h6-9,14H,2-5,10-12,17H2,1H3. The molecule has 0 saturated heterocycles. The molecule has 1 aromatic rings. The van der Waals surface area contributed by atoms with Crippen LogP contribution in [0.25, 0.3) is 0 Å². The predicted molar refractivity (Wildman–Crippen MR) is 78.1 cm³/mol. The summed E-state index contributed by atoms with van der Waals surface area (Å²) in [6, 6.07) is 7.84. The Morgan fingerprint density at radius 2 is 1.89 bits per heavy atom. The zero-order chi connectivity index (χ0) is 13.7. The first-order valence-electron chi connectivity index (χ1n) is 7.25. The lowest BCUT2D eigenvalue weighted by atomic mass is 10.1. The van der Waals surface area contributed by atoms with E-state index in [0.29, 0.717) is 12.5 Å². The molecule has 1 aliphatic carbocycles. The van der Waals surface area contributed by atoms with E-state index in [4.69, 9.17) is 5.73 Å². The van der Waals surface area contributed by atoms with Crippen molar-refractivity contribution in [3.8, 4) is 0 Å². The molecule has 1 fully saturated rings. The molecule has 0 bridgehead atoms. The van der Waals surface area contributed by atoms with E-state index in [-0.39, 0.29) is 5.91 Å². The smallest absolute Gasteiger partial charge is 0.253 e. The molecule has 19 heavy (non-hydrogen) atoms. The predicted octanol–water partition coefficient (Wildman–Crippen LogP) is 2.45. The Kier molecular flexibility index (Phi) is 4.97. The molecule has 0 atom stereocenters. The number of benzene rings is 1. The Labute approximate surface area is 115 Å². The zero-order valence-corrected chi connectivity index (χ0v) is 11.8. The molecule has 0 spiro atoms. The van der Waals surface area contributed by atoms with Gasteiger partial charge in [-0.15, -0.1) is 0 Å². The summed E-state index contributed by atoms with van der Waals surface area (Å²) in [5.41, 5.74) is 7.49. The number of nitrogens with two attached hydrogens (primary N) is 1. The van der Waals surface area contributed by atoms with Gasteiger partial charge >= 0.3 is 0 Å².